The third kappa shape index (κ3) is 2.44. The van der Waals surface area contributed by atoms with Gasteiger partial charge in [-0.3, -0.25) is 0 Å². The van der Waals surface area contributed by atoms with E-state index in [9.17, 15) is 5.11 Å². The van der Waals surface area contributed by atoms with Crippen LogP contribution in [-0.2, 0) is 0 Å². The lowest BCUT2D eigenvalue weighted by Gasteiger charge is -2.10. The highest BCUT2D eigenvalue weighted by Gasteiger charge is 2.41. The van der Waals surface area contributed by atoms with Crippen LogP contribution in [0, 0.1) is 5.92 Å². The summed E-state index contributed by atoms with van der Waals surface area (Å²) in [6.07, 6.45) is 0.485. The fourth-order valence-corrected chi connectivity index (χ4v) is 2.03. The van der Waals surface area contributed by atoms with Gasteiger partial charge in [0.05, 0.1) is 12.7 Å². The van der Waals surface area contributed by atoms with E-state index >= 15 is 0 Å². The maximum atomic E-state index is 9.93. The number of hydrogen-bond donors (Lipinski definition) is 1. The SMILES string of the molecule is CCOc1ccc(C(O)C2CC2Cl)cc1. The van der Waals surface area contributed by atoms with Gasteiger partial charge in [0.1, 0.15) is 5.75 Å². The topological polar surface area (TPSA) is 29.5 Å². The van der Waals surface area contributed by atoms with E-state index in [0.29, 0.717) is 6.61 Å². The van der Waals surface area contributed by atoms with Crippen LogP contribution in [0.3, 0.4) is 0 Å². The van der Waals surface area contributed by atoms with Crippen LogP contribution in [0.4, 0.5) is 0 Å². The first-order valence-electron chi connectivity index (χ1n) is 5.27. The second-order valence-electron chi connectivity index (χ2n) is 3.86. The van der Waals surface area contributed by atoms with Crippen LogP contribution in [0.2, 0.25) is 0 Å². The number of aliphatic hydroxyl groups is 1. The Hall–Kier alpha value is -0.730. The third-order valence-corrected chi connectivity index (χ3v) is 3.20. The molecule has 1 fully saturated rings. The van der Waals surface area contributed by atoms with Gasteiger partial charge in [0.25, 0.3) is 0 Å². The zero-order valence-corrected chi connectivity index (χ0v) is 9.45. The number of ether oxygens (including phenoxy) is 1. The van der Waals surface area contributed by atoms with Gasteiger partial charge in [-0.1, -0.05) is 12.1 Å². The minimum atomic E-state index is -0.428. The molecule has 0 heterocycles. The van der Waals surface area contributed by atoms with Gasteiger partial charge in [0.2, 0.25) is 0 Å². The molecule has 0 radical (unpaired) electrons. The first-order valence-corrected chi connectivity index (χ1v) is 5.71. The van der Waals surface area contributed by atoms with E-state index < -0.39 is 6.10 Å². The highest BCUT2D eigenvalue weighted by molar-refractivity contribution is 6.22. The highest BCUT2D eigenvalue weighted by Crippen LogP contribution is 2.45. The van der Waals surface area contributed by atoms with Crippen LogP contribution in [0.25, 0.3) is 0 Å². The summed E-state index contributed by atoms with van der Waals surface area (Å²) >= 11 is 5.89. The zero-order valence-electron chi connectivity index (χ0n) is 8.69. The molecule has 0 saturated heterocycles. The van der Waals surface area contributed by atoms with Gasteiger partial charge < -0.3 is 9.84 Å². The van der Waals surface area contributed by atoms with Gasteiger partial charge in [-0.05, 0) is 31.0 Å². The molecule has 1 saturated carbocycles. The van der Waals surface area contributed by atoms with E-state index in [2.05, 4.69) is 0 Å². The Labute approximate surface area is 94.8 Å². The summed E-state index contributed by atoms with van der Waals surface area (Å²) in [6, 6.07) is 7.57. The van der Waals surface area contributed by atoms with Gasteiger partial charge in [0.15, 0.2) is 0 Å². The Balaban J connectivity index is 2.03. The van der Waals surface area contributed by atoms with E-state index in [1.54, 1.807) is 0 Å². The minimum Gasteiger partial charge on any atom is -0.494 e. The normalized spacial score (nSPS) is 26.1. The maximum Gasteiger partial charge on any atom is 0.119 e. The molecule has 3 unspecified atom stereocenters. The highest BCUT2D eigenvalue weighted by atomic mass is 35.5. The van der Waals surface area contributed by atoms with E-state index in [1.807, 2.05) is 31.2 Å². The lowest BCUT2D eigenvalue weighted by Crippen LogP contribution is -2.01. The van der Waals surface area contributed by atoms with Crippen molar-refractivity contribution >= 4 is 11.6 Å². The average Bonchev–Trinajstić information content (AvgIpc) is 2.96. The van der Waals surface area contributed by atoms with Gasteiger partial charge in [-0.15, -0.1) is 11.6 Å². The number of aliphatic hydroxyl groups excluding tert-OH is 1. The number of alkyl halides is 1. The van der Waals surface area contributed by atoms with Crippen molar-refractivity contribution in [2.45, 2.75) is 24.8 Å². The Morgan fingerprint density at radius 1 is 1.47 bits per heavy atom. The van der Waals surface area contributed by atoms with E-state index in [0.717, 1.165) is 17.7 Å². The van der Waals surface area contributed by atoms with E-state index in [1.165, 1.54) is 0 Å². The second-order valence-corrected chi connectivity index (χ2v) is 4.42. The number of halogens is 1. The quantitative estimate of drug-likeness (QED) is 0.800. The fraction of sp³-hybridized carbons (Fsp3) is 0.500. The summed E-state index contributed by atoms with van der Waals surface area (Å²) < 4.78 is 5.33. The van der Waals surface area contributed by atoms with Crippen molar-refractivity contribution in [3.8, 4) is 5.75 Å². The van der Waals surface area contributed by atoms with E-state index in [4.69, 9.17) is 16.3 Å². The van der Waals surface area contributed by atoms with Gasteiger partial charge in [-0.2, -0.15) is 0 Å². The molecule has 1 aliphatic carbocycles. The molecule has 1 aromatic carbocycles. The van der Waals surface area contributed by atoms with E-state index in [-0.39, 0.29) is 11.3 Å². The molecule has 3 heteroatoms. The van der Waals surface area contributed by atoms with Crippen molar-refractivity contribution in [2.24, 2.45) is 5.92 Å². The molecule has 0 aliphatic heterocycles. The molecule has 82 valence electrons. The molecule has 2 nitrogen and oxygen atoms in total. The van der Waals surface area contributed by atoms with Crippen LogP contribution in [-0.4, -0.2) is 17.1 Å². The van der Waals surface area contributed by atoms with Gasteiger partial charge in [-0.25, -0.2) is 0 Å². The molecular formula is C12H15ClO2. The van der Waals surface area contributed by atoms with Crippen molar-refractivity contribution in [1.29, 1.82) is 0 Å². The molecule has 15 heavy (non-hydrogen) atoms. The smallest absolute Gasteiger partial charge is 0.119 e. The average molecular weight is 227 g/mol. The largest absolute Gasteiger partial charge is 0.494 e. The Bertz CT molecular complexity index is 323. The predicted octanol–water partition coefficient (Wildman–Crippen LogP) is 2.75. The molecular weight excluding hydrogens is 212 g/mol. The van der Waals surface area contributed by atoms with Crippen molar-refractivity contribution in [1.82, 2.24) is 0 Å². The number of hydrogen-bond acceptors (Lipinski definition) is 2. The molecule has 0 bridgehead atoms. The fourth-order valence-electron chi connectivity index (χ4n) is 1.68. The van der Waals surface area contributed by atoms with Crippen LogP contribution >= 0.6 is 11.6 Å². The molecule has 3 atom stereocenters. The Kier molecular flexibility index (Phi) is 3.17. The summed E-state index contributed by atoms with van der Waals surface area (Å²) in [7, 11) is 0. The summed E-state index contributed by atoms with van der Waals surface area (Å²) in [5, 5.41) is 10.1. The molecule has 0 spiro atoms. The summed E-state index contributed by atoms with van der Waals surface area (Å²) in [4.78, 5) is 0. The van der Waals surface area contributed by atoms with Crippen molar-refractivity contribution in [2.75, 3.05) is 6.61 Å². The minimum absolute atomic E-state index is 0.145. The third-order valence-electron chi connectivity index (χ3n) is 2.70. The molecule has 0 aromatic heterocycles. The first-order chi connectivity index (χ1) is 7.22. The summed E-state index contributed by atoms with van der Waals surface area (Å²) in [5.74, 6) is 1.07. The molecule has 2 rings (SSSR count). The summed E-state index contributed by atoms with van der Waals surface area (Å²) in [5.41, 5.74) is 0.923. The Morgan fingerprint density at radius 3 is 2.53 bits per heavy atom. The maximum absolute atomic E-state index is 9.93. The van der Waals surface area contributed by atoms with Crippen LogP contribution in [0.5, 0.6) is 5.75 Å². The van der Waals surface area contributed by atoms with Crippen LogP contribution in [0.15, 0.2) is 24.3 Å². The van der Waals surface area contributed by atoms with Crippen molar-refractivity contribution < 1.29 is 9.84 Å². The summed E-state index contributed by atoms with van der Waals surface area (Å²) in [6.45, 7) is 2.61. The molecule has 1 N–H and O–H groups in total. The number of benzene rings is 1. The number of rotatable bonds is 4. The van der Waals surface area contributed by atoms with Crippen LogP contribution < -0.4 is 4.74 Å². The van der Waals surface area contributed by atoms with Crippen LogP contribution in [0.1, 0.15) is 25.0 Å². The monoisotopic (exact) mass is 226 g/mol. The molecule has 1 aromatic rings. The zero-order chi connectivity index (χ0) is 10.8. The first kappa shape index (κ1) is 10.8. The van der Waals surface area contributed by atoms with Gasteiger partial charge in [0, 0.05) is 11.3 Å². The van der Waals surface area contributed by atoms with Crippen molar-refractivity contribution in [3.05, 3.63) is 29.8 Å². The predicted molar refractivity (Wildman–Crippen MR) is 60.3 cm³/mol. The molecule has 1 aliphatic rings. The van der Waals surface area contributed by atoms with Gasteiger partial charge >= 0.3 is 0 Å². The standard InChI is InChI=1S/C12H15ClO2/c1-2-15-9-5-3-8(4-6-9)12(14)10-7-11(10)13/h3-6,10-12,14H,2,7H2,1H3. The lowest BCUT2D eigenvalue weighted by molar-refractivity contribution is 0.154. The second kappa shape index (κ2) is 4.42. The molecule has 0 amide bonds. The Morgan fingerprint density at radius 2 is 2.07 bits per heavy atom. The van der Waals surface area contributed by atoms with Crippen molar-refractivity contribution in [3.63, 3.8) is 0 Å². The lowest BCUT2D eigenvalue weighted by atomic mass is 10.1.